The van der Waals surface area contributed by atoms with E-state index in [-0.39, 0.29) is 24.4 Å². The van der Waals surface area contributed by atoms with Crippen molar-refractivity contribution in [3.05, 3.63) is 45.1 Å². The number of piperidine rings is 1. The topological polar surface area (TPSA) is 87.2 Å². The van der Waals surface area contributed by atoms with Crippen molar-refractivity contribution < 1.29 is 4.79 Å². The second kappa shape index (κ2) is 6.72. The maximum atomic E-state index is 12.6. The summed E-state index contributed by atoms with van der Waals surface area (Å²) in [4.78, 5) is 41.0. The minimum absolute atomic E-state index is 0.0768. The second-order valence-electron chi connectivity index (χ2n) is 7.49. The minimum Gasteiger partial charge on any atom is -0.343 e. The number of hydrogen-bond donors (Lipinski definition) is 2. The molecule has 0 bridgehead atoms. The fourth-order valence-electron chi connectivity index (χ4n) is 4.28. The Morgan fingerprint density at radius 3 is 2.62 bits per heavy atom. The van der Waals surface area contributed by atoms with Crippen molar-refractivity contribution in [2.75, 3.05) is 26.2 Å². The first-order valence-electron chi connectivity index (χ1n) is 9.28. The van der Waals surface area contributed by atoms with Crippen molar-refractivity contribution in [2.24, 2.45) is 5.41 Å². The Morgan fingerprint density at radius 1 is 1.12 bits per heavy atom. The quantitative estimate of drug-likeness (QED) is 0.847. The zero-order chi connectivity index (χ0) is 18.1. The van der Waals surface area contributed by atoms with Crippen molar-refractivity contribution >= 4 is 16.8 Å². The Bertz CT molecular complexity index is 930. The van der Waals surface area contributed by atoms with Gasteiger partial charge in [0, 0.05) is 32.6 Å². The lowest BCUT2D eigenvalue weighted by molar-refractivity contribution is -0.133. The number of hydrogen-bond acceptors (Lipinski definition) is 4. The summed E-state index contributed by atoms with van der Waals surface area (Å²) in [6.07, 6.45) is 3.57. The molecule has 2 saturated heterocycles. The molecule has 0 unspecified atom stereocenters. The van der Waals surface area contributed by atoms with Gasteiger partial charge in [-0.05, 0) is 43.4 Å². The number of fused-ring (bicyclic) bond motifs is 1. The van der Waals surface area contributed by atoms with Gasteiger partial charge in [0.05, 0.1) is 10.9 Å². The van der Waals surface area contributed by atoms with E-state index in [2.05, 4.69) is 10.3 Å². The Kier molecular flexibility index (Phi) is 4.40. The number of amides is 1. The van der Waals surface area contributed by atoms with E-state index in [4.69, 9.17) is 0 Å². The van der Waals surface area contributed by atoms with Crippen LogP contribution in [0.3, 0.4) is 0 Å². The Labute approximate surface area is 151 Å². The maximum Gasteiger partial charge on any atom is 0.328 e. The fourth-order valence-corrected chi connectivity index (χ4v) is 4.28. The highest BCUT2D eigenvalue weighted by atomic mass is 16.2. The van der Waals surface area contributed by atoms with Crippen LogP contribution in [0.4, 0.5) is 0 Å². The lowest BCUT2D eigenvalue weighted by Gasteiger charge is -2.39. The zero-order valence-electron chi connectivity index (χ0n) is 14.8. The van der Waals surface area contributed by atoms with Crippen molar-refractivity contribution in [2.45, 2.75) is 32.2 Å². The van der Waals surface area contributed by atoms with E-state index in [9.17, 15) is 14.4 Å². The molecule has 1 amide bonds. The van der Waals surface area contributed by atoms with Crippen molar-refractivity contribution in [3.63, 3.8) is 0 Å². The van der Waals surface area contributed by atoms with Crippen LogP contribution >= 0.6 is 0 Å². The van der Waals surface area contributed by atoms with Gasteiger partial charge in [-0.2, -0.15) is 0 Å². The van der Waals surface area contributed by atoms with Gasteiger partial charge < -0.3 is 10.2 Å². The highest BCUT2D eigenvalue weighted by molar-refractivity contribution is 5.79. The van der Waals surface area contributed by atoms with Crippen molar-refractivity contribution in [1.29, 1.82) is 0 Å². The van der Waals surface area contributed by atoms with Gasteiger partial charge in [0.15, 0.2) is 0 Å². The average Bonchev–Trinajstić information content (AvgIpc) is 3.10. The lowest BCUT2D eigenvalue weighted by atomic mass is 9.78. The summed E-state index contributed by atoms with van der Waals surface area (Å²) >= 11 is 0. The molecule has 2 N–H and O–H groups in total. The smallest absolute Gasteiger partial charge is 0.328 e. The van der Waals surface area contributed by atoms with Crippen LogP contribution in [0, 0.1) is 5.41 Å². The Balaban J connectivity index is 1.45. The molecule has 26 heavy (non-hydrogen) atoms. The number of carbonyl (C=O) groups is 1. The number of likely N-dealkylation sites (tertiary alicyclic amines) is 1. The summed E-state index contributed by atoms with van der Waals surface area (Å²) in [5.41, 5.74) is 0.0996. The molecule has 138 valence electrons. The summed E-state index contributed by atoms with van der Waals surface area (Å²) in [5, 5.41) is 3.90. The predicted octanol–water partition coefficient (Wildman–Crippen LogP) is 0.682. The molecule has 2 fully saturated rings. The highest BCUT2D eigenvalue weighted by Crippen LogP contribution is 2.36. The summed E-state index contributed by atoms with van der Waals surface area (Å²) in [5.74, 6) is 0.0768. The average molecular weight is 356 g/mol. The molecule has 7 heteroatoms. The molecule has 7 nitrogen and oxygen atoms in total. The third-order valence-corrected chi connectivity index (χ3v) is 5.96. The van der Waals surface area contributed by atoms with E-state index in [1.807, 2.05) is 4.90 Å². The van der Waals surface area contributed by atoms with Gasteiger partial charge in [0.25, 0.3) is 5.56 Å². The largest absolute Gasteiger partial charge is 0.343 e. The number of nitrogens with zero attached hydrogens (tertiary/aromatic N) is 2. The minimum atomic E-state index is -0.462. The standard InChI is InChI=1S/C19H24N4O3/c24-16(22-11-7-19(8-12-22)6-9-20-13-19)5-10-23-15-4-2-1-3-14(15)17(25)21-18(23)26/h1-4,20H,5-13H2,(H,21,25,26). The molecule has 1 aromatic carbocycles. The molecular formula is C19H24N4O3. The van der Waals surface area contributed by atoms with Gasteiger partial charge in [-0.3, -0.25) is 19.1 Å². The number of aromatic amines is 1. The van der Waals surface area contributed by atoms with Gasteiger partial charge in [-0.1, -0.05) is 12.1 Å². The van der Waals surface area contributed by atoms with Crippen LogP contribution in [-0.2, 0) is 11.3 Å². The maximum absolute atomic E-state index is 12.6. The number of rotatable bonds is 3. The van der Waals surface area contributed by atoms with E-state index in [1.54, 1.807) is 24.3 Å². The first-order chi connectivity index (χ1) is 12.6. The summed E-state index contributed by atoms with van der Waals surface area (Å²) < 4.78 is 1.49. The number of aryl methyl sites for hydroxylation is 1. The van der Waals surface area contributed by atoms with Crippen LogP contribution < -0.4 is 16.6 Å². The van der Waals surface area contributed by atoms with Crippen LogP contribution in [0.2, 0.25) is 0 Å². The van der Waals surface area contributed by atoms with Gasteiger partial charge in [0.1, 0.15) is 0 Å². The molecule has 2 aliphatic heterocycles. The van der Waals surface area contributed by atoms with E-state index in [1.165, 1.54) is 11.0 Å². The molecular weight excluding hydrogens is 332 g/mol. The number of H-pyrrole nitrogens is 1. The molecule has 4 rings (SSSR count). The number of carbonyl (C=O) groups excluding carboxylic acids is 1. The van der Waals surface area contributed by atoms with Gasteiger partial charge >= 0.3 is 5.69 Å². The SMILES string of the molecule is O=C(CCn1c(=O)[nH]c(=O)c2ccccc21)N1CCC2(CCNC2)CC1. The summed E-state index contributed by atoms with van der Waals surface area (Å²) in [6.45, 7) is 4.01. The zero-order valence-corrected chi connectivity index (χ0v) is 14.8. The van der Waals surface area contributed by atoms with Crippen molar-refractivity contribution in [3.8, 4) is 0 Å². The van der Waals surface area contributed by atoms with Crippen molar-refractivity contribution in [1.82, 2.24) is 19.8 Å². The predicted molar refractivity (Wildman–Crippen MR) is 99.2 cm³/mol. The van der Waals surface area contributed by atoms with Gasteiger partial charge in [-0.15, -0.1) is 0 Å². The molecule has 2 aromatic rings. The molecule has 0 radical (unpaired) electrons. The lowest BCUT2D eigenvalue weighted by Crippen LogP contribution is -2.44. The van der Waals surface area contributed by atoms with Crippen LogP contribution in [0.25, 0.3) is 10.9 Å². The van der Waals surface area contributed by atoms with Gasteiger partial charge in [0.2, 0.25) is 5.91 Å². The molecule has 2 aliphatic rings. The molecule has 1 aromatic heterocycles. The van der Waals surface area contributed by atoms with Gasteiger partial charge in [-0.25, -0.2) is 4.79 Å². The third-order valence-electron chi connectivity index (χ3n) is 5.96. The number of benzene rings is 1. The molecule has 0 aliphatic carbocycles. The molecule has 1 spiro atoms. The Morgan fingerprint density at radius 2 is 1.88 bits per heavy atom. The summed E-state index contributed by atoms with van der Waals surface area (Å²) in [6, 6.07) is 6.98. The number of para-hydroxylation sites is 1. The van der Waals surface area contributed by atoms with E-state index in [0.717, 1.165) is 39.0 Å². The van der Waals surface area contributed by atoms with Crippen LogP contribution in [-0.4, -0.2) is 46.5 Å². The van der Waals surface area contributed by atoms with Crippen LogP contribution in [0.1, 0.15) is 25.7 Å². The van der Waals surface area contributed by atoms with E-state index in [0.29, 0.717) is 16.3 Å². The highest BCUT2D eigenvalue weighted by Gasteiger charge is 2.37. The second-order valence-corrected chi connectivity index (χ2v) is 7.49. The first-order valence-corrected chi connectivity index (χ1v) is 9.28. The van der Waals surface area contributed by atoms with E-state index < -0.39 is 5.69 Å². The molecule has 3 heterocycles. The monoisotopic (exact) mass is 356 g/mol. The molecule has 0 atom stereocenters. The van der Waals surface area contributed by atoms with Crippen LogP contribution in [0.5, 0.6) is 0 Å². The number of nitrogens with one attached hydrogen (secondary N) is 2. The Hall–Kier alpha value is -2.41. The molecule has 0 saturated carbocycles. The fraction of sp³-hybridized carbons (Fsp3) is 0.526. The third kappa shape index (κ3) is 3.07. The first kappa shape index (κ1) is 17.0. The normalized spacial score (nSPS) is 19.3. The van der Waals surface area contributed by atoms with Crippen LogP contribution in [0.15, 0.2) is 33.9 Å². The van der Waals surface area contributed by atoms with E-state index >= 15 is 0 Å². The summed E-state index contributed by atoms with van der Waals surface area (Å²) in [7, 11) is 0. The number of aromatic nitrogens is 2.